The molecule has 0 aliphatic carbocycles. The molecule has 0 fully saturated rings. The highest BCUT2D eigenvalue weighted by molar-refractivity contribution is 9.10. The van der Waals surface area contributed by atoms with Gasteiger partial charge in [-0.05, 0) is 31.2 Å². The Morgan fingerprint density at radius 2 is 2.13 bits per heavy atom. The van der Waals surface area contributed by atoms with Crippen molar-refractivity contribution in [2.75, 3.05) is 19.0 Å². The monoisotopic (exact) mass is 475 g/mol. The van der Waals surface area contributed by atoms with Crippen molar-refractivity contribution in [3.8, 4) is 17.1 Å². The number of ether oxygens (including phenoxy) is 1. The number of nitrogens with one attached hydrogen (secondary N) is 2. The number of hydrogen-bond donors (Lipinski definition) is 3. The van der Waals surface area contributed by atoms with Crippen LogP contribution in [0.1, 0.15) is 17.3 Å². The third-order valence-electron chi connectivity index (χ3n) is 4.02. The van der Waals surface area contributed by atoms with Crippen LogP contribution >= 0.6 is 15.9 Å². The Morgan fingerprint density at radius 3 is 2.87 bits per heavy atom. The molecular weight excluding hydrogens is 457 g/mol. The Balaban J connectivity index is 1.97. The van der Waals surface area contributed by atoms with E-state index in [2.05, 4.69) is 41.5 Å². The van der Waals surface area contributed by atoms with Gasteiger partial charge in [0.2, 0.25) is 0 Å². The number of benzene rings is 1. The molecule has 1 atom stereocenters. The normalized spacial score (nSPS) is 11.6. The van der Waals surface area contributed by atoms with Gasteiger partial charge in [-0.15, -0.1) is 0 Å². The SMILES string of the molecule is COc1cnc(-c2cc(Br)ccc2F)nc1Nc1ccncc1C(=O)NC[C@H](C)O. The summed E-state index contributed by atoms with van der Waals surface area (Å²) >= 11 is 3.31. The Bertz CT molecular complexity index is 1060. The summed E-state index contributed by atoms with van der Waals surface area (Å²) in [6.07, 6.45) is 3.63. The maximum atomic E-state index is 14.3. The number of anilines is 2. The van der Waals surface area contributed by atoms with Crippen LogP contribution in [0.15, 0.2) is 47.3 Å². The molecule has 0 aliphatic heterocycles. The lowest BCUT2D eigenvalue weighted by Gasteiger charge is -2.14. The lowest BCUT2D eigenvalue weighted by atomic mass is 10.2. The number of carbonyl (C=O) groups excluding carboxylic acids is 1. The van der Waals surface area contributed by atoms with E-state index in [9.17, 15) is 14.3 Å². The second-order valence-electron chi connectivity index (χ2n) is 6.34. The highest BCUT2D eigenvalue weighted by Gasteiger charge is 2.17. The van der Waals surface area contributed by atoms with Crippen LogP contribution in [0.25, 0.3) is 11.4 Å². The van der Waals surface area contributed by atoms with Gasteiger partial charge in [0, 0.05) is 23.4 Å². The first-order valence-electron chi connectivity index (χ1n) is 8.92. The first-order valence-corrected chi connectivity index (χ1v) is 9.72. The van der Waals surface area contributed by atoms with Crippen LogP contribution in [0.3, 0.4) is 0 Å². The summed E-state index contributed by atoms with van der Waals surface area (Å²) < 4.78 is 20.3. The molecule has 0 radical (unpaired) electrons. The highest BCUT2D eigenvalue weighted by Crippen LogP contribution is 2.30. The number of halogens is 2. The van der Waals surface area contributed by atoms with Crippen LogP contribution in [0.2, 0.25) is 0 Å². The minimum atomic E-state index is -0.688. The Labute approximate surface area is 180 Å². The fraction of sp³-hybridized carbons (Fsp3) is 0.200. The summed E-state index contributed by atoms with van der Waals surface area (Å²) in [5, 5.41) is 15.0. The predicted molar refractivity (Wildman–Crippen MR) is 113 cm³/mol. The third-order valence-corrected chi connectivity index (χ3v) is 4.51. The molecule has 3 aromatic rings. The van der Waals surface area contributed by atoms with Gasteiger partial charge in [0.05, 0.1) is 36.2 Å². The van der Waals surface area contributed by atoms with Crippen molar-refractivity contribution < 1.29 is 19.0 Å². The first-order chi connectivity index (χ1) is 14.4. The largest absolute Gasteiger partial charge is 0.491 e. The Hall–Kier alpha value is -3.11. The molecule has 0 saturated heterocycles. The van der Waals surface area contributed by atoms with E-state index in [-0.39, 0.29) is 29.3 Å². The zero-order valence-electron chi connectivity index (χ0n) is 16.2. The lowest BCUT2D eigenvalue weighted by molar-refractivity contribution is 0.0924. The van der Waals surface area contributed by atoms with Gasteiger partial charge in [-0.3, -0.25) is 9.78 Å². The molecule has 156 valence electrons. The zero-order valence-corrected chi connectivity index (χ0v) is 17.8. The van der Waals surface area contributed by atoms with E-state index >= 15 is 0 Å². The summed E-state index contributed by atoms with van der Waals surface area (Å²) in [6, 6.07) is 6.06. The van der Waals surface area contributed by atoms with Crippen LogP contribution in [0.4, 0.5) is 15.9 Å². The van der Waals surface area contributed by atoms with Gasteiger partial charge < -0.3 is 20.5 Å². The topological polar surface area (TPSA) is 109 Å². The fourth-order valence-corrected chi connectivity index (χ4v) is 2.92. The second-order valence-corrected chi connectivity index (χ2v) is 7.26. The summed E-state index contributed by atoms with van der Waals surface area (Å²) in [4.78, 5) is 25.0. The van der Waals surface area contributed by atoms with Gasteiger partial charge >= 0.3 is 0 Å². The lowest BCUT2D eigenvalue weighted by Crippen LogP contribution is -2.31. The number of aliphatic hydroxyl groups is 1. The number of methoxy groups -OCH3 is 1. The van der Waals surface area contributed by atoms with Crippen LogP contribution in [-0.4, -0.2) is 45.7 Å². The Kier molecular flexibility index (Phi) is 6.91. The molecule has 2 heterocycles. The molecular formula is C20H19BrFN5O3. The van der Waals surface area contributed by atoms with Crippen molar-refractivity contribution in [1.29, 1.82) is 0 Å². The number of aromatic nitrogens is 3. The summed E-state index contributed by atoms with van der Waals surface area (Å²) in [5.74, 6) is -0.195. The first kappa shape index (κ1) is 21.6. The maximum absolute atomic E-state index is 14.3. The second kappa shape index (κ2) is 9.59. The van der Waals surface area contributed by atoms with E-state index in [1.165, 1.54) is 31.8 Å². The number of rotatable bonds is 7. The number of pyridine rings is 1. The molecule has 30 heavy (non-hydrogen) atoms. The molecule has 0 saturated carbocycles. The van der Waals surface area contributed by atoms with Crippen LogP contribution in [0, 0.1) is 5.82 Å². The molecule has 3 rings (SSSR count). The summed E-state index contributed by atoms with van der Waals surface area (Å²) in [7, 11) is 1.45. The zero-order chi connectivity index (χ0) is 21.7. The molecule has 0 spiro atoms. The van der Waals surface area contributed by atoms with Gasteiger partial charge in [0.1, 0.15) is 5.82 Å². The molecule has 0 unspecified atom stereocenters. The van der Waals surface area contributed by atoms with E-state index < -0.39 is 17.8 Å². The minimum absolute atomic E-state index is 0.0936. The summed E-state index contributed by atoms with van der Waals surface area (Å²) in [6.45, 7) is 1.66. The van der Waals surface area contributed by atoms with Gasteiger partial charge in [0.15, 0.2) is 17.4 Å². The van der Waals surface area contributed by atoms with Gasteiger partial charge in [-0.2, -0.15) is 0 Å². The minimum Gasteiger partial charge on any atom is -0.491 e. The molecule has 10 heteroatoms. The van der Waals surface area contributed by atoms with Crippen molar-refractivity contribution in [3.63, 3.8) is 0 Å². The van der Waals surface area contributed by atoms with Crippen LogP contribution in [-0.2, 0) is 0 Å². The molecule has 1 aromatic carbocycles. The number of carbonyl (C=O) groups is 1. The average Bonchev–Trinajstić information content (AvgIpc) is 2.74. The van der Waals surface area contributed by atoms with E-state index in [4.69, 9.17) is 4.74 Å². The van der Waals surface area contributed by atoms with Gasteiger partial charge in [-0.25, -0.2) is 14.4 Å². The highest BCUT2D eigenvalue weighted by atomic mass is 79.9. The molecule has 8 nitrogen and oxygen atoms in total. The molecule has 3 N–H and O–H groups in total. The maximum Gasteiger partial charge on any atom is 0.255 e. The Morgan fingerprint density at radius 1 is 1.33 bits per heavy atom. The number of amides is 1. The third kappa shape index (κ3) is 5.08. The van der Waals surface area contributed by atoms with E-state index in [0.717, 1.165) is 0 Å². The number of hydrogen-bond acceptors (Lipinski definition) is 7. The van der Waals surface area contributed by atoms with E-state index in [1.54, 1.807) is 25.1 Å². The molecule has 1 amide bonds. The van der Waals surface area contributed by atoms with Gasteiger partial charge in [-0.1, -0.05) is 15.9 Å². The fourth-order valence-electron chi connectivity index (χ4n) is 2.56. The van der Waals surface area contributed by atoms with E-state index in [1.807, 2.05) is 0 Å². The van der Waals surface area contributed by atoms with Crippen molar-refractivity contribution >= 4 is 33.3 Å². The van der Waals surface area contributed by atoms with Crippen LogP contribution in [0.5, 0.6) is 5.75 Å². The quantitative estimate of drug-likeness (QED) is 0.480. The average molecular weight is 476 g/mol. The standard InChI is InChI=1S/C20H19BrFN5O3/c1-11(28)8-25-20(29)14-9-23-6-5-16(14)26-19-17(30-2)10-24-18(27-19)13-7-12(21)3-4-15(13)22/h3-7,9-11,28H,8H2,1-2H3,(H,25,29)(H,23,24,26,27)/t11-/m0/s1. The van der Waals surface area contributed by atoms with Crippen molar-refractivity contribution in [1.82, 2.24) is 20.3 Å². The number of nitrogens with zero attached hydrogens (tertiary/aromatic N) is 3. The smallest absolute Gasteiger partial charge is 0.255 e. The van der Waals surface area contributed by atoms with Gasteiger partial charge in [0.25, 0.3) is 5.91 Å². The predicted octanol–water partition coefficient (Wildman–Crippen LogP) is 3.30. The van der Waals surface area contributed by atoms with Crippen molar-refractivity contribution in [2.45, 2.75) is 13.0 Å². The summed E-state index contributed by atoms with van der Waals surface area (Å²) in [5.41, 5.74) is 0.861. The number of aliphatic hydroxyl groups excluding tert-OH is 1. The van der Waals surface area contributed by atoms with Crippen LogP contribution < -0.4 is 15.4 Å². The molecule has 2 aromatic heterocycles. The van der Waals surface area contributed by atoms with Crippen molar-refractivity contribution in [2.24, 2.45) is 0 Å². The van der Waals surface area contributed by atoms with E-state index in [0.29, 0.717) is 15.9 Å². The molecule has 0 bridgehead atoms. The van der Waals surface area contributed by atoms with Crippen molar-refractivity contribution in [3.05, 3.63) is 58.7 Å². The molecule has 0 aliphatic rings.